The van der Waals surface area contributed by atoms with E-state index in [1.54, 1.807) is 6.07 Å². The second kappa shape index (κ2) is 2.62. The number of hydrogen-bond acceptors (Lipinski definition) is 2. The zero-order valence-corrected chi connectivity index (χ0v) is 7.16. The number of fused-ring (bicyclic) bond motifs is 1. The van der Waals surface area contributed by atoms with Gasteiger partial charge in [-0.05, 0) is 25.1 Å². The molecule has 0 saturated heterocycles. The molecule has 2 aromatic rings. The van der Waals surface area contributed by atoms with E-state index in [4.69, 9.17) is 0 Å². The fourth-order valence-corrected chi connectivity index (χ4v) is 1.48. The molecule has 1 aromatic carbocycles. The number of nitrogens with one attached hydrogen (secondary N) is 1. The van der Waals surface area contributed by atoms with Crippen molar-refractivity contribution < 1.29 is 9.90 Å². The SMILES string of the molecule is Cc1cc2c(C=O)c(O)ccc2[nH]1. The lowest BCUT2D eigenvalue weighted by molar-refractivity contribution is 0.112. The number of aromatic hydroxyl groups is 1. The van der Waals surface area contributed by atoms with E-state index in [0.717, 1.165) is 16.6 Å². The van der Waals surface area contributed by atoms with Gasteiger partial charge in [0.15, 0.2) is 6.29 Å². The van der Waals surface area contributed by atoms with Crippen LogP contribution in [0.3, 0.4) is 0 Å². The molecular weight excluding hydrogens is 166 g/mol. The van der Waals surface area contributed by atoms with Crippen molar-refractivity contribution in [3.8, 4) is 5.75 Å². The average molecular weight is 175 g/mol. The molecule has 2 N–H and O–H groups in total. The molecule has 0 aliphatic carbocycles. The van der Waals surface area contributed by atoms with Crippen molar-refractivity contribution >= 4 is 17.2 Å². The second-order valence-corrected chi connectivity index (χ2v) is 3.03. The lowest BCUT2D eigenvalue weighted by atomic mass is 10.1. The average Bonchev–Trinajstić information content (AvgIpc) is 2.45. The maximum absolute atomic E-state index is 10.7. The molecule has 0 aliphatic rings. The summed E-state index contributed by atoms with van der Waals surface area (Å²) in [5.41, 5.74) is 2.20. The van der Waals surface area contributed by atoms with Crippen LogP contribution in [0.4, 0.5) is 0 Å². The number of hydrogen-bond donors (Lipinski definition) is 2. The Labute approximate surface area is 75.0 Å². The molecule has 3 heteroatoms. The predicted octanol–water partition coefficient (Wildman–Crippen LogP) is 1.99. The summed E-state index contributed by atoms with van der Waals surface area (Å²) in [5.74, 6) is 0.0292. The van der Waals surface area contributed by atoms with Crippen molar-refractivity contribution in [3.63, 3.8) is 0 Å². The standard InChI is InChI=1S/C10H9NO2/c1-6-4-7-8(5-12)10(13)3-2-9(7)11-6/h2-5,11,13H,1H3. The predicted molar refractivity (Wildman–Crippen MR) is 50.1 cm³/mol. The fourth-order valence-electron chi connectivity index (χ4n) is 1.48. The quantitative estimate of drug-likeness (QED) is 0.651. The molecular formula is C10H9NO2. The van der Waals surface area contributed by atoms with Crippen molar-refractivity contribution in [1.82, 2.24) is 4.98 Å². The summed E-state index contributed by atoms with van der Waals surface area (Å²) in [4.78, 5) is 13.8. The fraction of sp³-hybridized carbons (Fsp3) is 0.100. The first-order valence-electron chi connectivity index (χ1n) is 3.99. The van der Waals surface area contributed by atoms with Crippen LogP contribution in [0.5, 0.6) is 5.75 Å². The number of phenols is 1. The number of carbonyl (C=O) groups is 1. The van der Waals surface area contributed by atoms with Crippen molar-refractivity contribution in [2.45, 2.75) is 6.92 Å². The lowest BCUT2D eigenvalue weighted by Gasteiger charge is -1.97. The van der Waals surface area contributed by atoms with Gasteiger partial charge in [0.1, 0.15) is 5.75 Å². The molecule has 1 heterocycles. The highest BCUT2D eigenvalue weighted by Gasteiger charge is 2.07. The summed E-state index contributed by atoms with van der Waals surface area (Å²) in [7, 11) is 0. The van der Waals surface area contributed by atoms with E-state index in [9.17, 15) is 9.90 Å². The Morgan fingerprint density at radius 1 is 1.46 bits per heavy atom. The number of aromatic amines is 1. The first-order chi connectivity index (χ1) is 6.22. The molecule has 1 aromatic heterocycles. The minimum atomic E-state index is 0.0292. The normalized spacial score (nSPS) is 10.5. The van der Waals surface area contributed by atoms with E-state index in [1.807, 2.05) is 13.0 Å². The highest BCUT2D eigenvalue weighted by atomic mass is 16.3. The van der Waals surface area contributed by atoms with Crippen LogP contribution in [0.2, 0.25) is 0 Å². The van der Waals surface area contributed by atoms with Gasteiger partial charge in [-0.2, -0.15) is 0 Å². The molecule has 3 nitrogen and oxygen atoms in total. The van der Waals surface area contributed by atoms with Gasteiger partial charge in [0.25, 0.3) is 0 Å². The summed E-state index contributed by atoms with van der Waals surface area (Å²) >= 11 is 0. The van der Waals surface area contributed by atoms with Gasteiger partial charge in [0.2, 0.25) is 0 Å². The van der Waals surface area contributed by atoms with E-state index in [1.165, 1.54) is 6.07 Å². The Morgan fingerprint density at radius 3 is 2.92 bits per heavy atom. The van der Waals surface area contributed by atoms with Crippen molar-refractivity contribution in [1.29, 1.82) is 0 Å². The number of benzene rings is 1. The Kier molecular flexibility index (Phi) is 1.59. The van der Waals surface area contributed by atoms with Gasteiger partial charge in [-0.1, -0.05) is 0 Å². The summed E-state index contributed by atoms with van der Waals surface area (Å²) in [6.45, 7) is 1.91. The molecule has 0 fully saturated rings. The lowest BCUT2D eigenvalue weighted by Crippen LogP contribution is -1.81. The molecule has 0 atom stereocenters. The summed E-state index contributed by atoms with van der Waals surface area (Å²) in [6, 6.07) is 5.12. The minimum Gasteiger partial charge on any atom is -0.507 e. The maximum atomic E-state index is 10.7. The molecule has 0 aliphatic heterocycles. The summed E-state index contributed by atoms with van der Waals surface area (Å²) < 4.78 is 0. The number of phenolic OH excluding ortho intramolecular Hbond substituents is 1. The highest BCUT2D eigenvalue weighted by Crippen LogP contribution is 2.25. The van der Waals surface area contributed by atoms with Gasteiger partial charge >= 0.3 is 0 Å². The zero-order valence-electron chi connectivity index (χ0n) is 7.16. The van der Waals surface area contributed by atoms with E-state index in [2.05, 4.69) is 4.98 Å². The van der Waals surface area contributed by atoms with Crippen LogP contribution in [0.1, 0.15) is 16.1 Å². The van der Waals surface area contributed by atoms with Crippen LogP contribution in [-0.2, 0) is 0 Å². The zero-order chi connectivity index (χ0) is 9.42. The maximum Gasteiger partial charge on any atom is 0.154 e. The van der Waals surface area contributed by atoms with Crippen molar-refractivity contribution in [3.05, 3.63) is 29.5 Å². The Bertz CT molecular complexity index is 471. The third kappa shape index (κ3) is 1.09. The van der Waals surface area contributed by atoms with E-state index >= 15 is 0 Å². The van der Waals surface area contributed by atoms with Crippen LogP contribution in [0.25, 0.3) is 10.9 Å². The molecule has 0 radical (unpaired) electrons. The van der Waals surface area contributed by atoms with Crippen molar-refractivity contribution in [2.75, 3.05) is 0 Å². The monoisotopic (exact) mass is 175 g/mol. The number of rotatable bonds is 1. The first-order valence-corrected chi connectivity index (χ1v) is 3.99. The first kappa shape index (κ1) is 7.86. The highest BCUT2D eigenvalue weighted by molar-refractivity contribution is 5.99. The third-order valence-corrected chi connectivity index (χ3v) is 2.07. The molecule has 0 amide bonds. The number of aryl methyl sites for hydroxylation is 1. The van der Waals surface area contributed by atoms with E-state index in [0.29, 0.717) is 11.8 Å². The molecule has 0 saturated carbocycles. The molecule has 13 heavy (non-hydrogen) atoms. The van der Waals surface area contributed by atoms with E-state index < -0.39 is 0 Å². The van der Waals surface area contributed by atoms with Gasteiger partial charge in [0.05, 0.1) is 5.56 Å². The van der Waals surface area contributed by atoms with E-state index in [-0.39, 0.29) is 5.75 Å². The minimum absolute atomic E-state index is 0.0292. The second-order valence-electron chi connectivity index (χ2n) is 3.03. The van der Waals surface area contributed by atoms with Crippen LogP contribution >= 0.6 is 0 Å². The molecule has 0 bridgehead atoms. The number of H-pyrrole nitrogens is 1. The number of aldehydes is 1. The number of carbonyl (C=O) groups excluding carboxylic acids is 1. The Morgan fingerprint density at radius 2 is 2.23 bits per heavy atom. The van der Waals surface area contributed by atoms with Crippen LogP contribution in [0.15, 0.2) is 18.2 Å². The summed E-state index contributed by atoms with van der Waals surface area (Å²) in [5, 5.41) is 10.1. The van der Waals surface area contributed by atoms with Crippen molar-refractivity contribution in [2.24, 2.45) is 0 Å². The van der Waals surface area contributed by atoms with Gasteiger partial charge in [0, 0.05) is 16.6 Å². The van der Waals surface area contributed by atoms with Gasteiger partial charge in [-0.25, -0.2) is 0 Å². The van der Waals surface area contributed by atoms with Gasteiger partial charge < -0.3 is 10.1 Å². The summed E-state index contributed by atoms with van der Waals surface area (Å²) in [6.07, 6.45) is 0.672. The topological polar surface area (TPSA) is 53.1 Å². The number of aromatic nitrogens is 1. The molecule has 0 unspecified atom stereocenters. The van der Waals surface area contributed by atoms with Crippen LogP contribution in [-0.4, -0.2) is 16.4 Å². The Hall–Kier alpha value is -1.77. The smallest absolute Gasteiger partial charge is 0.154 e. The largest absolute Gasteiger partial charge is 0.507 e. The van der Waals surface area contributed by atoms with Gasteiger partial charge in [-0.3, -0.25) is 4.79 Å². The molecule has 66 valence electrons. The van der Waals surface area contributed by atoms with Crippen LogP contribution in [0, 0.1) is 6.92 Å². The van der Waals surface area contributed by atoms with Crippen LogP contribution < -0.4 is 0 Å². The van der Waals surface area contributed by atoms with Gasteiger partial charge in [-0.15, -0.1) is 0 Å². The molecule has 0 spiro atoms. The molecule has 2 rings (SSSR count). The Balaban J connectivity index is 2.90. The third-order valence-electron chi connectivity index (χ3n) is 2.07.